The van der Waals surface area contributed by atoms with Gasteiger partial charge in [-0.25, -0.2) is 9.18 Å². The van der Waals surface area contributed by atoms with Crippen molar-refractivity contribution in [3.63, 3.8) is 0 Å². The first-order chi connectivity index (χ1) is 15.0. The van der Waals surface area contributed by atoms with Crippen LogP contribution >= 0.6 is 11.3 Å². The van der Waals surface area contributed by atoms with Gasteiger partial charge in [-0.15, -0.1) is 16.4 Å². The normalized spacial score (nSPS) is 10.9. The predicted octanol–water partition coefficient (Wildman–Crippen LogP) is 5.69. The number of aromatic nitrogens is 2. The van der Waals surface area contributed by atoms with Gasteiger partial charge in [0.15, 0.2) is 5.82 Å². The number of nitrogens with one attached hydrogen (secondary N) is 2. The van der Waals surface area contributed by atoms with E-state index in [-0.39, 0.29) is 11.4 Å². The third-order valence-electron chi connectivity index (χ3n) is 5.03. The van der Waals surface area contributed by atoms with E-state index in [0.29, 0.717) is 10.2 Å². The van der Waals surface area contributed by atoms with E-state index >= 15 is 0 Å². The van der Waals surface area contributed by atoms with Crippen molar-refractivity contribution in [3.8, 4) is 0 Å². The molecule has 31 heavy (non-hydrogen) atoms. The molecule has 4 rings (SSSR count). The lowest BCUT2D eigenvalue weighted by atomic mass is 10.0. The smallest absolute Gasteiger partial charge is 0.305 e. The van der Waals surface area contributed by atoms with Crippen LogP contribution in [-0.2, 0) is 12.8 Å². The van der Waals surface area contributed by atoms with Crippen LogP contribution in [0.4, 0.5) is 20.7 Å². The van der Waals surface area contributed by atoms with E-state index in [1.807, 2.05) is 37.4 Å². The van der Waals surface area contributed by atoms with Crippen molar-refractivity contribution in [2.75, 3.05) is 10.6 Å². The number of benzene rings is 2. The summed E-state index contributed by atoms with van der Waals surface area (Å²) in [5.41, 5.74) is 3.05. The number of carbonyl (C=O) groups excluding carboxylic acids is 2. The molecule has 0 atom stereocenters. The molecule has 6 nitrogen and oxygen atoms in total. The summed E-state index contributed by atoms with van der Waals surface area (Å²) in [4.78, 5) is 26.3. The van der Waals surface area contributed by atoms with Crippen LogP contribution in [-0.4, -0.2) is 21.7 Å². The van der Waals surface area contributed by atoms with Gasteiger partial charge < -0.3 is 10.6 Å². The summed E-state index contributed by atoms with van der Waals surface area (Å²) in [6, 6.07) is 12.7. The number of thiophene rings is 1. The summed E-state index contributed by atoms with van der Waals surface area (Å²) in [7, 11) is 0. The Morgan fingerprint density at radius 3 is 2.42 bits per heavy atom. The second-order valence-electron chi connectivity index (χ2n) is 6.95. The zero-order valence-electron chi connectivity index (χ0n) is 17.1. The molecule has 2 amide bonds. The third-order valence-corrected chi connectivity index (χ3v) is 5.92. The molecule has 0 aliphatic carbocycles. The second kappa shape index (κ2) is 8.69. The first-order valence-corrected chi connectivity index (χ1v) is 10.8. The maximum Gasteiger partial charge on any atom is 0.347 e. The lowest BCUT2D eigenvalue weighted by molar-refractivity contribution is 0.102. The number of fused-ring (bicyclic) bond motifs is 1. The largest absolute Gasteiger partial charge is 0.347 e. The highest BCUT2D eigenvalue weighted by Gasteiger charge is 2.20. The first kappa shape index (κ1) is 20.7. The van der Waals surface area contributed by atoms with Crippen LogP contribution in [0.25, 0.3) is 10.2 Å². The van der Waals surface area contributed by atoms with Gasteiger partial charge in [-0.05, 0) is 53.6 Å². The maximum atomic E-state index is 13.5. The number of aryl methyl sites for hydroxylation is 2. The summed E-state index contributed by atoms with van der Waals surface area (Å²) >= 11 is 1.35. The Morgan fingerprint density at radius 2 is 1.74 bits per heavy atom. The van der Waals surface area contributed by atoms with Gasteiger partial charge in [0.05, 0.1) is 5.39 Å². The van der Waals surface area contributed by atoms with Crippen molar-refractivity contribution in [1.29, 1.82) is 0 Å². The third kappa shape index (κ3) is 4.06. The number of amides is 2. The number of halogens is 1. The summed E-state index contributed by atoms with van der Waals surface area (Å²) in [5.74, 6) is -0.748. The van der Waals surface area contributed by atoms with Crippen LogP contribution in [0.5, 0.6) is 0 Å². The van der Waals surface area contributed by atoms with E-state index in [9.17, 15) is 14.0 Å². The van der Waals surface area contributed by atoms with Crippen molar-refractivity contribution >= 4 is 45.0 Å². The number of para-hydroxylation sites is 1. The molecule has 0 spiro atoms. The Labute approximate surface area is 182 Å². The summed E-state index contributed by atoms with van der Waals surface area (Å²) < 4.78 is 14.7. The fourth-order valence-electron chi connectivity index (χ4n) is 3.45. The molecule has 2 N–H and O–H groups in total. The van der Waals surface area contributed by atoms with Gasteiger partial charge >= 0.3 is 6.03 Å². The minimum atomic E-state index is -0.500. The van der Waals surface area contributed by atoms with Gasteiger partial charge in [-0.2, -0.15) is 4.68 Å². The Hall–Kier alpha value is -3.52. The number of rotatable bonds is 5. The van der Waals surface area contributed by atoms with E-state index in [1.165, 1.54) is 34.2 Å². The predicted molar refractivity (Wildman–Crippen MR) is 122 cm³/mol. The van der Waals surface area contributed by atoms with Crippen molar-refractivity contribution < 1.29 is 14.0 Å². The molecule has 2 heterocycles. The van der Waals surface area contributed by atoms with Crippen molar-refractivity contribution in [2.45, 2.75) is 26.7 Å². The Morgan fingerprint density at radius 1 is 1.03 bits per heavy atom. The fraction of sp³-hybridized carbons (Fsp3) is 0.174. The Bertz CT molecular complexity index is 1260. The molecule has 0 aliphatic heterocycles. The number of hydrogen-bond acceptors (Lipinski definition) is 4. The standard InChI is InChI=1S/C23H21FN4O2S/c1-3-14-7-5-8-15(4-2)19(14)25-23(30)28-22-18(11-12-31-22)20(27-28)26-21(29)16-9-6-10-17(24)13-16/h5-13H,3-4H2,1-2H3,(H,25,30)(H,26,27,29). The number of nitrogens with zero attached hydrogens (tertiary/aromatic N) is 2. The van der Waals surface area contributed by atoms with Gasteiger partial charge in [0.2, 0.25) is 0 Å². The van der Waals surface area contributed by atoms with Crippen LogP contribution in [0.2, 0.25) is 0 Å². The topological polar surface area (TPSA) is 76.0 Å². The maximum absolute atomic E-state index is 13.5. The SMILES string of the molecule is CCc1cccc(CC)c1NC(=O)n1nc(NC(=O)c2cccc(F)c2)c2ccsc21. The number of carbonyl (C=O) groups is 2. The summed E-state index contributed by atoms with van der Waals surface area (Å²) in [6.07, 6.45) is 1.57. The zero-order chi connectivity index (χ0) is 22.0. The average molecular weight is 437 g/mol. The van der Waals surface area contributed by atoms with Crippen molar-refractivity contribution in [3.05, 3.63) is 76.4 Å². The zero-order valence-corrected chi connectivity index (χ0v) is 17.9. The van der Waals surface area contributed by atoms with E-state index in [0.717, 1.165) is 35.7 Å². The van der Waals surface area contributed by atoms with Gasteiger partial charge in [-0.1, -0.05) is 38.1 Å². The van der Waals surface area contributed by atoms with E-state index < -0.39 is 17.8 Å². The molecule has 0 aliphatic rings. The Balaban J connectivity index is 1.65. The quantitative estimate of drug-likeness (QED) is 0.422. The number of hydrogen-bond donors (Lipinski definition) is 2. The second-order valence-corrected chi connectivity index (χ2v) is 7.85. The monoisotopic (exact) mass is 436 g/mol. The highest BCUT2D eigenvalue weighted by atomic mass is 32.1. The molecule has 0 saturated carbocycles. The molecule has 2 aromatic carbocycles. The van der Waals surface area contributed by atoms with Crippen LogP contribution in [0, 0.1) is 5.82 Å². The van der Waals surface area contributed by atoms with Crippen LogP contribution in [0.15, 0.2) is 53.9 Å². The van der Waals surface area contributed by atoms with Crippen molar-refractivity contribution in [2.24, 2.45) is 0 Å². The van der Waals surface area contributed by atoms with Gasteiger partial charge in [0, 0.05) is 11.3 Å². The molecule has 0 bridgehead atoms. The summed E-state index contributed by atoms with van der Waals surface area (Å²) in [6.45, 7) is 4.08. The van der Waals surface area contributed by atoms with Crippen LogP contribution in [0.1, 0.15) is 35.3 Å². The minimum Gasteiger partial charge on any atom is -0.305 e. The van der Waals surface area contributed by atoms with Crippen LogP contribution in [0.3, 0.4) is 0 Å². The highest BCUT2D eigenvalue weighted by molar-refractivity contribution is 7.17. The Kier molecular flexibility index (Phi) is 5.81. The molecule has 0 radical (unpaired) electrons. The van der Waals surface area contributed by atoms with Crippen LogP contribution < -0.4 is 10.6 Å². The lowest BCUT2D eigenvalue weighted by Crippen LogP contribution is -2.22. The molecule has 2 aromatic heterocycles. The molecule has 158 valence electrons. The molecule has 0 fully saturated rings. The van der Waals surface area contributed by atoms with Gasteiger partial charge in [-0.3, -0.25) is 4.79 Å². The molecule has 0 unspecified atom stereocenters. The van der Waals surface area contributed by atoms with E-state index in [2.05, 4.69) is 15.7 Å². The van der Waals surface area contributed by atoms with Crippen molar-refractivity contribution in [1.82, 2.24) is 9.78 Å². The number of anilines is 2. The highest BCUT2D eigenvalue weighted by Crippen LogP contribution is 2.29. The fourth-order valence-corrected chi connectivity index (χ4v) is 4.30. The summed E-state index contributed by atoms with van der Waals surface area (Å²) in [5, 5.41) is 12.5. The molecular weight excluding hydrogens is 415 g/mol. The molecular formula is C23H21FN4O2S. The van der Waals surface area contributed by atoms with Gasteiger partial charge in [0.1, 0.15) is 10.6 Å². The molecule has 0 saturated heterocycles. The average Bonchev–Trinajstić information content (AvgIpc) is 3.37. The van der Waals surface area contributed by atoms with E-state index in [4.69, 9.17) is 0 Å². The minimum absolute atomic E-state index is 0.173. The van der Waals surface area contributed by atoms with Gasteiger partial charge in [0.25, 0.3) is 5.91 Å². The van der Waals surface area contributed by atoms with E-state index in [1.54, 1.807) is 6.07 Å². The first-order valence-electron chi connectivity index (χ1n) is 9.97. The molecule has 4 aromatic rings. The lowest BCUT2D eigenvalue weighted by Gasteiger charge is -2.14. The molecule has 8 heteroatoms.